The highest BCUT2D eigenvalue weighted by Gasteiger charge is 2.17. The van der Waals surface area contributed by atoms with E-state index in [4.69, 9.17) is 13.6 Å². The molecule has 0 unspecified atom stereocenters. The Balaban J connectivity index is 1.81. The number of nitro benzene ring substituents is 1. The van der Waals surface area contributed by atoms with E-state index in [1.54, 1.807) is 18.6 Å². The molecule has 0 aliphatic carbocycles. The van der Waals surface area contributed by atoms with Crippen molar-refractivity contribution in [2.45, 2.75) is 19.6 Å². The third kappa shape index (κ3) is 4.27. The molecule has 0 atom stereocenters. The van der Waals surface area contributed by atoms with Crippen LogP contribution in [0.4, 0.5) is 5.69 Å². The van der Waals surface area contributed by atoms with Gasteiger partial charge in [-0.25, -0.2) is 0 Å². The topological polar surface area (TPSA) is 81.9 Å². The van der Waals surface area contributed by atoms with E-state index >= 15 is 0 Å². The van der Waals surface area contributed by atoms with Gasteiger partial charge in [0.25, 0.3) is 0 Å². The van der Waals surface area contributed by atoms with Crippen molar-refractivity contribution in [3.8, 4) is 5.75 Å². The molecular weight excluding hydrogens is 324 g/mol. The monoisotopic (exact) mass is 342 g/mol. The summed E-state index contributed by atoms with van der Waals surface area (Å²) in [6.45, 7) is 1.63. The molecule has 0 bridgehead atoms. The first-order valence-electron chi connectivity index (χ1n) is 7.74. The zero-order valence-electron chi connectivity index (χ0n) is 13.8. The maximum atomic E-state index is 11.2. The van der Waals surface area contributed by atoms with Gasteiger partial charge >= 0.3 is 5.69 Å². The van der Waals surface area contributed by atoms with Gasteiger partial charge in [-0.3, -0.25) is 15.0 Å². The second-order valence-electron chi connectivity index (χ2n) is 5.57. The van der Waals surface area contributed by atoms with Crippen molar-refractivity contribution in [1.82, 2.24) is 4.90 Å². The lowest BCUT2D eigenvalue weighted by Gasteiger charge is -2.20. The number of hydrogen-bond donors (Lipinski definition) is 0. The molecule has 0 N–H and O–H groups in total. The zero-order valence-corrected chi connectivity index (χ0v) is 13.8. The highest BCUT2D eigenvalue weighted by atomic mass is 16.6. The molecule has 130 valence electrons. The van der Waals surface area contributed by atoms with Gasteiger partial charge in [0.1, 0.15) is 11.5 Å². The minimum atomic E-state index is -0.439. The predicted molar refractivity (Wildman–Crippen MR) is 90.0 cm³/mol. The molecule has 1 aromatic carbocycles. The number of rotatable bonds is 8. The molecule has 7 nitrogen and oxygen atoms in total. The molecule has 0 spiro atoms. The smallest absolute Gasteiger partial charge is 0.311 e. The Morgan fingerprint density at radius 1 is 1.04 bits per heavy atom. The highest BCUT2D eigenvalue weighted by Crippen LogP contribution is 2.28. The number of hydrogen-bond acceptors (Lipinski definition) is 6. The molecule has 3 aromatic rings. The van der Waals surface area contributed by atoms with Gasteiger partial charge in [0.15, 0.2) is 5.75 Å². The SMILES string of the molecule is COc1ccc(CN(Cc2ccco2)Cc2ccco2)cc1[N+](=O)[O-]. The minimum absolute atomic E-state index is 0.0454. The largest absolute Gasteiger partial charge is 0.490 e. The van der Waals surface area contributed by atoms with Gasteiger partial charge in [0.05, 0.1) is 37.6 Å². The van der Waals surface area contributed by atoms with E-state index in [0.29, 0.717) is 19.6 Å². The molecule has 0 amide bonds. The summed E-state index contributed by atoms with van der Waals surface area (Å²) in [5.41, 5.74) is 0.765. The lowest BCUT2D eigenvalue weighted by Crippen LogP contribution is -2.22. The van der Waals surface area contributed by atoms with E-state index in [1.807, 2.05) is 30.3 Å². The van der Waals surface area contributed by atoms with Crippen LogP contribution >= 0.6 is 0 Å². The van der Waals surface area contributed by atoms with E-state index in [-0.39, 0.29) is 11.4 Å². The molecule has 2 heterocycles. The highest BCUT2D eigenvalue weighted by molar-refractivity contribution is 5.48. The van der Waals surface area contributed by atoms with Crippen molar-refractivity contribution in [3.63, 3.8) is 0 Å². The first-order valence-corrected chi connectivity index (χ1v) is 7.74. The Kier molecular flexibility index (Phi) is 5.15. The fraction of sp³-hybridized carbons (Fsp3) is 0.222. The third-order valence-electron chi connectivity index (χ3n) is 3.77. The van der Waals surface area contributed by atoms with Gasteiger partial charge < -0.3 is 13.6 Å². The Labute approximate surface area is 144 Å². The quantitative estimate of drug-likeness (QED) is 0.455. The fourth-order valence-electron chi connectivity index (χ4n) is 2.65. The van der Waals surface area contributed by atoms with E-state index in [0.717, 1.165) is 17.1 Å². The van der Waals surface area contributed by atoms with Crippen molar-refractivity contribution in [3.05, 3.63) is 82.2 Å². The first kappa shape index (κ1) is 16.8. The summed E-state index contributed by atoms with van der Waals surface area (Å²) < 4.78 is 15.9. The fourth-order valence-corrected chi connectivity index (χ4v) is 2.65. The van der Waals surface area contributed by atoms with Crippen molar-refractivity contribution in [2.24, 2.45) is 0 Å². The number of methoxy groups -OCH3 is 1. The Bertz CT molecular complexity index is 776. The van der Waals surface area contributed by atoms with Crippen LogP contribution in [-0.4, -0.2) is 16.9 Å². The second kappa shape index (κ2) is 7.67. The van der Waals surface area contributed by atoms with Crippen LogP contribution in [0, 0.1) is 10.1 Å². The number of ether oxygens (including phenoxy) is 1. The van der Waals surface area contributed by atoms with Crippen LogP contribution in [0.15, 0.2) is 63.8 Å². The summed E-state index contributed by atoms with van der Waals surface area (Å²) in [7, 11) is 1.42. The van der Waals surface area contributed by atoms with Crippen LogP contribution in [-0.2, 0) is 19.6 Å². The average Bonchev–Trinajstić information content (AvgIpc) is 3.28. The number of nitro groups is 1. The maximum absolute atomic E-state index is 11.2. The van der Waals surface area contributed by atoms with Gasteiger partial charge in [-0.05, 0) is 35.9 Å². The molecule has 3 rings (SSSR count). The number of furan rings is 2. The van der Waals surface area contributed by atoms with E-state index < -0.39 is 4.92 Å². The summed E-state index contributed by atoms with van der Waals surface area (Å²) in [5, 5.41) is 11.2. The van der Waals surface area contributed by atoms with Crippen LogP contribution in [0.3, 0.4) is 0 Å². The van der Waals surface area contributed by atoms with Crippen LogP contribution in [0.2, 0.25) is 0 Å². The van der Waals surface area contributed by atoms with Crippen molar-refractivity contribution in [2.75, 3.05) is 7.11 Å². The lowest BCUT2D eigenvalue weighted by molar-refractivity contribution is -0.385. The standard InChI is InChI=1S/C18H18N2O5/c1-23-18-7-6-14(10-17(18)20(21)22)11-19(12-15-4-2-8-24-15)13-16-5-3-9-25-16/h2-10H,11-13H2,1H3. The molecule has 0 saturated carbocycles. The van der Waals surface area contributed by atoms with E-state index in [1.165, 1.54) is 13.2 Å². The van der Waals surface area contributed by atoms with Crippen LogP contribution in [0.25, 0.3) is 0 Å². The van der Waals surface area contributed by atoms with Crippen LogP contribution in [0.1, 0.15) is 17.1 Å². The van der Waals surface area contributed by atoms with Crippen molar-refractivity contribution < 1.29 is 18.5 Å². The molecule has 0 aliphatic heterocycles. The third-order valence-corrected chi connectivity index (χ3v) is 3.77. The minimum Gasteiger partial charge on any atom is -0.490 e. The molecule has 25 heavy (non-hydrogen) atoms. The van der Waals surface area contributed by atoms with E-state index in [2.05, 4.69) is 4.90 Å². The van der Waals surface area contributed by atoms with Gasteiger partial charge in [0.2, 0.25) is 0 Å². The molecule has 0 aliphatic rings. The Morgan fingerprint density at radius 2 is 1.68 bits per heavy atom. The second-order valence-corrected chi connectivity index (χ2v) is 5.57. The molecule has 7 heteroatoms. The number of benzene rings is 1. The summed E-state index contributed by atoms with van der Waals surface area (Å²) in [4.78, 5) is 12.9. The van der Waals surface area contributed by atoms with Crippen LogP contribution in [0.5, 0.6) is 5.75 Å². The van der Waals surface area contributed by atoms with Gasteiger partial charge in [-0.1, -0.05) is 6.07 Å². The molecule has 0 saturated heterocycles. The molecular formula is C18H18N2O5. The van der Waals surface area contributed by atoms with Crippen molar-refractivity contribution >= 4 is 5.69 Å². The normalized spacial score (nSPS) is 11.0. The zero-order chi connectivity index (χ0) is 17.6. The maximum Gasteiger partial charge on any atom is 0.311 e. The van der Waals surface area contributed by atoms with Gasteiger partial charge in [0, 0.05) is 12.6 Å². The van der Waals surface area contributed by atoms with Gasteiger partial charge in [-0.15, -0.1) is 0 Å². The number of nitrogens with zero attached hydrogens (tertiary/aromatic N) is 2. The summed E-state index contributed by atoms with van der Waals surface area (Å²) in [5.74, 6) is 1.88. The summed E-state index contributed by atoms with van der Waals surface area (Å²) >= 11 is 0. The first-order chi connectivity index (χ1) is 12.2. The van der Waals surface area contributed by atoms with Gasteiger partial charge in [-0.2, -0.15) is 0 Å². The Hall–Kier alpha value is -3.06. The lowest BCUT2D eigenvalue weighted by atomic mass is 10.1. The molecule has 0 radical (unpaired) electrons. The Morgan fingerprint density at radius 3 is 2.16 bits per heavy atom. The molecule has 2 aromatic heterocycles. The summed E-state index contributed by atoms with van der Waals surface area (Å²) in [6, 6.07) is 12.4. The summed E-state index contributed by atoms with van der Waals surface area (Å²) in [6.07, 6.45) is 3.25. The van der Waals surface area contributed by atoms with Crippen LogP contribution < -0.4 is 4.74 Å². The predicted octanol–water partition coefficient (Wildman–Crippen LogP) is 3.99. The van der Waals surface area contributed by atoms with E-state index in [9.17, 15) is 10.1 Å². The molecule has 0 fully saturated rings. The average molecular weight is 342 g/mol. The van der Waals surface area contributed by atoms with Crippen molar-refractivity contribution in [1.29, 1.82) is 0 Å².